The van der Waals surface area contributed by atoms with Crippen LogP contribution >= 0.6 is 27.3 Å². The quantitative estimate of drug-likeness (QED) is 0.805. The maximum Gasteiger partial charge on any atom is 0.240 e. The first kappa shape index (κ1) is 14.7. The van der Waals surface area contributed by atoms with Gasteiger partial charge in [0.05, 0.1) is 4.90 Å². The van der Waals surface area contributed by atoms with Crippen LogP contribution in [0, 0.1) is 0 Å². The highest BCUT2D eigenvalue weighted by atomic mass is 79.9. The van der Waals surface area contributed by atoms with Gasteiger partial charge in [0.15, 0.2) is 0 Å². The smallest absolute Gasteiger partial charge is 0.211 e. The largest absolute Gasteiger partial charge is 0.240 e. The fourth-order valence-electron chi connectivity index (χ4n) is 1.60. The Bertz CT molecular complexity index is 607. The van der Waals surface area contributed by atoms with E-state index >= 15 is 0 Å². The van der Waals surface area contributed by atoms with Gasteiger partial charge in [-0.3, -0.25) is 0 Å². The second kappa shape index (κ2) is 6.65. The first-order valence-electron chi connectivity index (χ1n) is 5.79. The standard InChI is InChI=1S/C13H14BrNO2S2/c14-10-11-3-5-13(6-4-11)19(16,17)15-8-7-12-2-1-9-18-12/h1-6,9,15H,7-8,10H2. The molecule has 0 atom stereocenters. The Morgan fingerprint density at radius 2 is 1.89 bits per heavy atom. The van der Waals surface area contributed by atoms with Gasteiger partial charge in [-0.25, -0.2) is 13.1 Å². The van der Waals surface area contributed by atoms with E-state index in [2.05, 4.69) is 20.7 Å². The first-order chi connectivity index (χ1) is 9.12. The maximum absolute atomic E-state index is 12.0. The van der Waals surface area contributed by atoms with Crippen LogP contribution in [0.25, 0.3) is 0 Å². The van der Waals surface area contributed by atoms with Crippen molar-refractivity contribution in [3.8, 4) is 0 Å². The second-order valence-electron chi connectivity index (χ2n) is 4.00. The first-order valence-corrected chi connectivity index (χ1v) is 9.27. The third kappa shape index (κ3) is 4.14. The number of hydrogen-bond donors (Lipinski definition) is 1. The van der Waals surface area contributed by atoms with E-state index in [1.165, 1.54) is 4.88 Å². The molecule has 2 aromatic rings. The van der Waals surface area contributed by atoms with E-state index in [9.17, 15) is 8.42 Å². The minimum Gasteiger partial charge on any atom is -0.211 e. The van der Waals surface area contributed by atoms with E-state index in [4.69, 9.17) is 0 Å². The van der Waals surface area contributed by atoms with Crippen molar-refractivity contribution in [2.24, 2.45) is 0 Å². The van der Waals surface area contributed by atoms with E-state index in [-0.39, 0.29) is 0 Å². The van der Waals surface area contributed by atoms with Gasteiger partial charge < -0.3 is 0 Å². The van der Waals surface area contributed by atoms with Gasteiger partial charge in [-0.1, -0.05) is 34.1 Å². The maximum atomic E-state index is 12.0. The van der Waals surface area contributed by atoms with Crippen LogP contribution in [0.1, 0.15) is 10.4 Å². The van der Waals surface area contributed by atoms with Gasteiger partial charge in [-0.15, -0.1) is 11.3 Å². The molecule has 1 heterocycles. The van der Waals surface area contributed by atoms with Crippen LogP contribution < -0.4 is 4.72 Å². The average Bonchev–Trinajstić information content (AvgIpc) is 2.92. The Hall–Kier alpha value is -0.690. The topological polar surface area (TPSA) is 46.2 Å². The monoisotopic (exact) mass is 359 g/mol. The summed E-state index contributed by atoms with van der Waals surface area (Å²) >= 11 is 4.97. The van der Waals surface area contributed by atoms with Crippen LogP contribution in [0.3, 0.4) is 0 Å². The molecule has 0 bridgehead atoms. The fourth-order valence-corrected chi connectivity index (χ4v) is 3.72. The molecule has 0 radical (unpaired) electrons. The van der Waals surface area contributed by atoms with Crippen molar-refractivity contribution in [2.45, 2.75) is 16.6 Å². The lowest BCUT2D eigenvalue weighted by Gasteiger charge is -2.06. The third-order valence-electron chi connectivity index (χ3n) is 2.63. The van der Waals surface area contributed by atoms with Crippen molar-refractivity contribution in [2.75, 3.05) is 6.54 Å². The lowest BCUT2D eigenvalue weighted by Crippen LogP contribution is -2.25. The van der Waals surface area contributed by atoms with Gasteiger partial charge in [-0.05, 0) is 35.6 Å². The Balaban J connectivity index is 1.97. The molecule has 0 aliphatic heterocycles. The normalized spacial score (nSPS) is 11.6. The summed E-state index contributed by atoms with van der Waals surface area (Å²) in [5.41, 5.74) is 1.05. The lowest BCUT2D eigenvalue weighted by atomic mass is 10.2. The molecule has 0 fully saturated rings. The molecular formula is C13H14BrNO2S2. The molecule has 6 heteroatoms. The summed E-state index contributed by atoms with van der Waals surface area (Å²) in [6.07, 6.45) is 0.719. The predicted molar refractivity (Wildman–Crippen MR) is 82.3 cm³/mol. The van der Waals surface area contributed by atoms with Gasteiger partial charge in [0.2, 0.25) is 10.0 Å². The molecule has 0 aliphatic carbocycles. The van der Waals surface area contributed by atoms with Crippen LogP contribution in [-0.4, -0.2) is 15.0 Å². The molecular weight excluding hydrogens is 346 g/mol. The summed E-state index contributed by atoms with van der Waals surface area (Å²) in [5.74, 6) is 0. The molecule has 2 rings (SSSR count). The van der Waals surface area contributed by atoms with Gasteiger partial charge in [0, 0.05) is 16.8 Å². The number of halogens is 1. The average molecular weight is 360 g/mol. The molecule has 0 aliphatic rings. The molecule has 3 nitrogen and oxygen atoms in total. The van der Waals surface area contributed by atoms with Crippen LogP contribution in [0.2, 0.25) is 0 Å². The van der Waals surface area contributed by atoms with Gasteiger partial charge in [0.1, 0.15) is 0 Å². The molecule has 1 aromatic carbocycles. The number of alkyl halides is 1. The van der Waals surface area contributed by atoms with E-state index in [0.717, 1.165) is 17.3 Å². The zero-order valence-electron chi connectivity index (χ0n) is 10.2. The zero-order valence-corrected chi connectivity index (χ0v) is 13.4. The fraction of sp³-hybridized carbons (Fsp3) is 0.231. The summed E-state index contributed by atoms with van der Waals surface area (Å²) in [6.45, 7) is 0.420. The summed E-state index contributed by atoms with van der Waals surface area (Å²) in [7, 11) is -3.40. The Labute approximate surface area is 125 Å². The Morgan fingerprint density at radius 1 is 1.16 bits per heavy atom. The number of nitrogens with one attached hydrogen (secondary N) is 1. The number of benzene rings is 1. The highest BCUT2D eigenvalue weighted by molar-refractivity contribution is 9.08. The summed E-state index contributed by atoms with van der Waals surface area (Å²) in [4.78, 5) is 1.49. The second-order valence-corrected chi connectivity index (χ2v) is 7.36. The molecule has 19 heavy (non-hydrogen) atoms. The molecule has 0 saturated heterocycles. The van der Waals surface area contributed by atoms with Crippen molar-refractivity contribution in [1.82, 2.24) is 4.72 Å². The van der Waals surface area contributed by atoms with Crippen molar-refractivity contribution in [3.63, 3.8) is 0 Å². The SMILES string of the molecule is O=S(=O)(NCCc1cccs1)c1ccc(CBr)cc1. The van der Waals surface area contributed by atoms with Crippen molar-refractivity contribution < 1.29 is 8.42 Å². The van der Waals surface area contributed by atoms with Crippen molar-refractivity contribution in [3.05, 3.63) is 52.2 Å². The summed E-state index contributed by atoms with van der Waals surface area (Å²) < 4.78 is 26.7. The van der Waals surface area contributed by atoms with Crippen LogP contribution in [-0.2, 0) is 21.8 Å². The molecule has 0 spiro atoms. The minimum atomic E-state index is -3.40. The zero-order chi connectivity index (χ0) is 13.7. The Kier molecular flexibility index (Phi) is 5.15. The van der Waals surface area contributed by atoms with Crippen molar-refractivity contribution >= 4 is 37.3 Å². The summed E-state index contributed by atoms with van der Waals surface area (Å²) in [6, 6.07) is 10.8. The summed E-state index contributed by atoms with van der Waals surface area (Å²) in [5, 5.41) is 2.71. The van der Waals surface area contributed by atoms with E-state index in [1.54, 1.807) is 23.5 Å². The van der Waals surface area contributed by atoms with Gasteiger partial charge in [-0.2, -0.15) is 0 Å². The van der Waals surface area contributed by atoms with E-state index < -0.39 is 10.0 Å². The number of sulfonamides is 1. The molecule has 1 N–H and O–H groups in total. The number of hydrogen-bond acceptors (Lipinski definition) is 3. The number of thiophene rings is 1. The van der Waals surface area contributed by atoms with Crippen LogP contribution in [0.5, 0.6) is 0 Å². The molecule has 0 saturated carbocycles. The van der Waals surface area contributed by atoms with Crippen LogP contribution in [0.4, 0.5) is 0 Å². The molecule has 102 valence electrons. The third-order valence-corrected chi connectivity index (χ3v) is 5.69. The molecule has 1 aromatic heterocycles. The lowest BCUT2D eigenvalue weighted by molar-refractivity contribution is 0.582. The van der Waals surface area contributed by atoms with Gasteiger partial charge in [0.25, 0.3) is 0 Å². The van der Waals surface area contributed by atoms with Crippen molar-refractivity contribution in [1.29, 1.82) is 0 Å². The van der Waals surface area contributed by atoms with Crippen LogP contribution in [0.15, 0.2) is 46.7 Å². The number of rotatable bonds is 6. The highest BCUT2D eigenvalue weighted by Gasteiger charge is 2.12. The van der Waals surface area contributed by atoms with E-state index in [1.807, 2.05) is 29.6 Å². The Morgan fingerprint density at radius 3 is 2.47 bits per heavy atom. The molecule has 0 unspecified atom stereocenters. The highest BCUT2D eigenvalue weighted by Crippen LogP contribution is 2.13. The minimum absolute atomic E-state index is 0.309. The van der Waals surface area contributed by atoms with E-state index in [0.29, 0.717) is 11.4 Å². The molecule has 0 amide bonds. The predicted octanol–water partition coefficient (Wildman–Crippen LogP) is 3.16. The van der Waals surface area contributed by atoms with Gasteiger partial charge >= 0.3 is 0 Å².